The molecule has 0 spiro atoms. The van der Waals surface area contributed by atoms with Crippen molar-refractivity contribution >= 4 is 5.82 Å². The van der Waals surface area contributed by atoms with Crippen LogP contribution in [-0.2, 0) is 17.8 Å². The molecule has 0 radical (unpaired) electrons. The Labute approximate surface area is 109 Å². The number of hydrogen-bond acceptors (Lipinski definition) is 4. The van der Waals surface area contributed by atoms with Gasteiger partial charge in [0, 0.05) is 18.1 Å². The van der Waals surface area contributed by atoms with Crippen molar-refractivity contribution in [3.63, 3.8) is 0 Å². The third-order valence-corrected chi connectivity index (χ3v) is 3.23. The molecule has 1 aromatic carbocycles. The molecule has 0 saturated carbocycles. The summed E-state index contributed by atoms with van der Waals surface area (Å²) in [7, 11) is 1.43. The molecule has 5 nitrogen and oxygen atoms in total. The number of aromatic nitrogens is 2. The van der Waals surface area contributed by atoms with Crippen LogP contribution in [0, 0.1) is 5.82 Å². The third-order valence-electron chi connectivity index (χ3n) is 3.23. The van der Waals surface area contributed by atoms with Gasteiger partial charge in [-0.1, -0.05) is 0 Å². The van der Waals surface area contributed by atoms with Gasteiger partial charge in [-0.2, -0.15) is 5.10 Å². The molecule has 0 atom stereocenters. The van der Waals surface area contributed by atoms with Crippen molar-refractivity contribution in [1.82, 2.24) is 9.78 Å². The van der Waals surface area contributed by atoms with E-state index in [2.05, 4.69) is 5.10 Å². The first-order valence-electron chi connectivity index (χ1n) is 5.98. The average molecular weight is 263 g/mol. The van der Waals surface area contributed by atoms with Crippen LogP contribution in [0.25, 0.3) is 5.69 Å². The number of hydrogen-bond donors (Lipinski definition) is 1. The van der Waals surface area contributed by atoms with E-state index < -0.39 is 5.82 Å². The van der Waals surface area contributed by atoms with Crippen LogP contribution in [0.3, 0.4) is 0 Å². The zero-order valence-corrected chi connectivity index (χ0v) is 10.5. The number of rotatable bonds is 2. The molecule has 0 saturated heterocycles. The molecular formula is C13H14FN3O2. The summed E-state index contributed by atoms with van der Waals surface area (Å²) in [5.74, 6) is 0.244. The fourth-order valence-electron chi connectivity index (χ4n) is 2.26. The molecule has 2 N–H and O–H groups in total. The molecule has 2 aromatic rings. The zero-order chi connectivity index (χ0) is 13.4. The predicted molar refractivity (Wildman–Crippen MR) is 67.8 cm³/mol. The van der Waals surface area contributed by atoms with Gasteiger partial charge in [0.05, 0.1) is 31.7 Å². The number of ether oxygens (including phenoxy) is 2. The molecule has 2 heterocycles. The number of nitrogens with two attached hydrogens (primary N) is 1. The number of fused-ring (bicyclic) bond motifs is 1. The van der Waals surface area contributed by atoms with E-state index in [-0.39, 0.29) is 5.75 Å². The molecule has 0 bridgehead atoms. The lowest BCUT2D eigenvalue weighted by molar-refractivity contribution is 0.110. The molecule has 0 amide bonds. The fraction of sp³-hybridized carbons (Fsp3) is 0.308. The Morgan fingerprint density at radius 1 is 1.47 bits per heavy atom. The monoisotopic (exact) mass is 263 g/mol. The first-order chi connectivity index (χ1) is 9.20. The van der Waals surface area contributed by atoms with Crippen LogP contribution in [0.15, 0.2) is 18.2 Å². The second kappa shape index (κ2) is 4.55. The molecule has 6 heteroatoms. The van der Waals surface area contributed by atoms with Crippen LogP contribution < -0.4 is 10.5 Å². The summed E-state index contributed by atoms with van der Waals surface area (Å²) in [6.07, 6.45) is 0.735. The molecule has 1 aliphatic rings. The Morgan fingerprint density at radius 2 is 2.32 bits per heavy atom. The number of nitrogens with zero attached hydrogens (tertiary/aromatic N) is 2. The van der Waals surface area contributed by atoms with E-state index in [0.717, 1.165) is 23.4 Å². The summed E-state index contributed by atoms with van der Waals surface area (Å²) in [6.45, 7) is 1.11. The summed E-state index contributed by atoms with van der Waals surface area (Å²) in [5, 5.41) is 4.30. The third kappa shape index (κ3) is 1.94. The highest BCUT2D eigenvalue weighted by Crippen LogP contribution is 2.27. The van der Waals surface area contributed by atoms with Gasteiger partial charge in [-0.15, -0.1) is 0 Å². The highest BCUT2D eigenvalue weighted by atomic mass is 19.1. The normalized spacial score (nSPS) is 14.2. The minimum Gasteiger partial charge on any atom is -0.494 e. The molecule has 0 aliphatic carbocycles. The Morgan fingerprint density at radius 3 is 3.11 bits per heavy atom. The number of benzene rings is 1. The van der Waals surface area contributed by atoms with E-state index in [9.17, 15) is 4.39 Å². The second-order valence-electron chi connectivity index (χ2n) is 4.34. The number of halogens is 1. The molecule has 0 fully saturated rings. The van der Waals surface area contributed by atoms with E-state index >= 15 is 0 Å². The fourth-order valence-corrected chi connectivity index (χ4v) is 2.26. The van der Waals surface area contributed by atoms with E-state index in [1.807, 2.05) is 0 Å². The maximum atomic E-state index is 13.4. The van der Waals surface area contributed by atoms with E-state index in [0.29, 0.717) is 19.0 Å². The molecule has 100 valence electrons. The van der Waals surface area contributed by atoms with Crippen LogP contribution >= 0.6 is 0 Å². The maximum absolute atomic E-state index is 13.4. The highest BCUT2D eigenvalue weighted by molar-refractivity contribution is 5.49. The highest BCUT2D eigenvalue weighted by Gasteiger charge is 2.21. The van der Waals surface area contributed by atoms with Gasteiger partial charge in [-0.25, -0.2) is 9.07 Å². The molecule has 1 aromatic heterocycles. The Hall–Kier alpha value is -2.08. The van der Waals surface area contributed by atoms with Gasteiger partial charge in [-0.05, 0) is 12.1 Å². The van der Waals surface area contributed by atoms with Crippen molar-refractivity contribution in [1.29, 1.82) is 0 Å². The van der Waals surface area contributed by atoms with Crippen LogP contribution in [0.1, 0.15) is 11.3 Å². The van der Waals surface area contributed by atoms with Crippen molar-refractivity contribution < 1.29 is 13.9 Å². The topological polar surface area (TPSA) is 62.3 Å². The number of nitrogen functional groups attached to an aromatic ring is 1. The molecule has 19 heavy (non-hydrogen) atoms. The van der Waals surface area contributed by atoms with Gasteiger partial charge in [0.1, 0.15) is 0 Å². The van der Waals surface area contributed by atoms with E-state index in [1.54, 1.807) is 16.8 Å². The van der Waals surface area contributed by atoms with Crippen molar-refractivity contribution in [2.45, 2.75) is 13.0 Å². The SMILES string of the molecule is COc1cc(-n2nc(N)c3c2CCOC3)ccc1F. The van der Waals surface area contributed by atoms with Crippen molar-refractivity contribution in [3.8, 4) is 11.4 Å². The summed E-state index contributed by atoms with van der Waals surface area (Å²) >= 11 is 0. The largest absolute Gasteiger partial charge is 0.494 e. The van der Waals surface area contributed by atoms with Crippen molar-refractivity contribution in [3.05, 3.63) is 35.3 Å². The first-order valence-corrected chi connectivity index (χ1v) is 5.98. The van der Waals surface area contributed by atoms with Crippen LogP contribution in [0.5, 0.6) is 5.75 Å². The van der Waals surface area contributed by atoms with Gasteiger partial charge in [0.25, 0.3) is 0 Å². The summed E-state index contributed by atoms with van der Waals surface area (Å²) in [6, 6.07) is 4.62. The van der Waals surface area contributed by atoms with Crippen LogP contribution in [0.2, 0.25) is 0 Å². The predicted octanol–water partition coefficient (Wildman–Crippen LogP) is 1.67. The minimum absolute atomic E-state index is 0.187. The minimum atomic E-state index is -0.399. The van der Waals surface area contributed by atoms with E-state index in [1.165, 1.54) is 13.2 Å². The van der Waals surface area contributed by atoms with E-state index in [4.69, 9.17) is 15.2 Å². The Bertz CT molecular complexity index is 625. The Balaban J connectivity index is 2.12. The van der Waals surface area contributed by atoms with Gasteiger partial charge in [-0.3, -0.25) is 0 Å². The van der Waals surface area contributed by atoms with Crippen LogP contribution in [0.4, 0.5) is 10.2 Å². The average Bonchev–Trinajstić information content (AvgIpc) is 2.77. The van der Waals surface area contributed by atoms with Gasteiger partial charge in [0.2, 0.25) is 0 Å². The molecule has 3 rings (SSSR count). The first kappa shape index (κ1) is 12.0. The standard InChI is InChI=1S/C13H14FN3O2/c1-18-12-6-8(2-3-10(12)14)17-11-4-5-19-7-9(11)13(15)16-17/h2-3,6H,4-5,7H2,1H3,(H2,15,16). The second-order valence-corrected chi connectivity index (χ2v) is 4.34. The lowest BCUT2D eigenvalue weighted by Crippen LogP contribution is -2.13. The summed E-state index contributed by atoms with van der Waals surface area (Å²) < 4.78 is 25.5. The Kier molecular flexibility index (Phi) is 2.87. The van der Waals surface area contributed by atoms with Crippen molar-refractivity contribution in [2.75, 3.05) is 19.5 Å². The van der Waals surface area contributed by atoms with Gasteiger partial charge >= 0.3 is 0 Å². The summed E-state index contributed by atoms with van der Waals surface area (Å²) in [4.78, 5) is 0. The quantitative estimate of drug-likeness (QED) is 0.895. The molecule has 0 unspecified atom stereocenters. The molecule has 1 aliphatic heterocycles. The molecular weight excluding hydrogens is 249 g/mol. The van der Waals surface area contributed by atoms with Crippen molar-refractivity contribution in [2.24, 2.45) is 0 Å². The number of anilines is 1. The maximum Gasteiger partial charge on any atom is 0.165 e. The smallest absolute Gasteiger partial charge is 0.165 e. The summed E-state index contributed by atoms with van der Waals surface area (Å²) in [5.41, 5.74) is 8.54. The lowest BCUT2D eigenvalue weighted by Gasteiger charge is -2.15. The zero-order valence-electron chi connectivity index (χ0n) is 10.5. The van der Waals surface area contributed by atoms with Gasteiger partial charge < -0.3 is 15.2 Å². The number of methoxy groups -OCH3 is 1. The van der Waals surface area contributed by atoms with Gasteiger partial charge in [0.15, 0.2) is 17.4 Å². The lowest BCUT2D eigenvalue weighted by atomic mass is 10.1. The van der Waals surface area contributed by atoms with Crippen LogP contribution in [-0.4, -0.2) is 23.5 Å².